The van der Waals surface area contributed by atoms with Crippen LogP contribution in [-0.4, -0.2) is 4.98 Å². The van der Waals surface area contributed by atoms with Gasteiger partial charge in [0.25, 0.3) is 0 Å². The zero-order valence-electron chi connectivity index (χ0n) is 13.9. The first kappa shape index (κ1) is 15.0. The normalized spacial score (nSPS) is 26.1. The Morgan fingerprint density at radius 1 is 0.818 bits per heavy atom. The number of aromatic nitrogens is 1. The minimum absolute atomic E-state index is 0.354. The van der Waals surface area contributed by atoms with Gasteiger partial charge in [-0.2, -0.15) is 0 Å². The van der Waals surface area contributed by atoms with Crippen LogP contribution in [0.3, 0.4) is 0 Å². The maximum absolute atomic E-state index is 6.90. The average molecular weight is 318 g/mol. The highest BCUT2D eigenvalue weighted by Crippen LogP contribution is 2.57. The van der Waals surface area contributed by atoms with E-state index in [4.69, 9.17) is 16.6 Å². The van der Waals surface area contributed by atoms with Crippen LogP contribution >= 0.6 is 11.6 Å². The lowest BCUT2D eigenvalue weighted by atomic mass is 9.54. The van der Waals surface area contributed by atoms with Crippen LogP contribution in [0.4, 0.5) is 0 Å². The topological polar surface area (TPSA) is 12.9 Å². The van der Waals surface area contributed by atoms with Crippen molar-refractivity contribution in [1.82, 2.24) is 4.98 Å². The zero-order valence-corrected chi connectivity index (χ0v) is 14.6. The van der Waals surface area contributed by atoms with E-state index in [0.717, 1.165) is 5.02 Å². The minimum Gasteiger partial charge on any atom is -0.260 e. The van der Waals surface area contributed by atoms with Crippen LogP contribution in [0.15, 0.2) is 6.20 Å². The monoisotopic (exact) mass is 317 g/mol. The molecule has 0 atom stereocenters. The molecule has 1 nitrogen and oxygen atoms in total. The lowest BCUT2D eigenvalue weighted by Crippen LogP contribution is -2.44. The van der Waals surface area contributed by atoms with E-state index in [-0.39, 0.29) is 0 Å². The van der Waals surface area contributed by atoms with Crippen LogP contribution in [0.2, 0.25) is 5.02 Å². The van der Waals surface area contributed by atoms with E-state index >= 15 is 0 Å². The van der Waals surface area contributed by atoms with Gasteiger partial charge in [-0.3, -0.25) is 4.98 Å². The number of fused-ring (bicyclic) bond motifs is 3. The first-order valence-electron chi connectivity index (χ1n) is 9.33. The molecule has 0 radical (unpaired) electrons. The van der Waals surface area contributed by atoms with Crippen molar-refractivity contribution in [3.63, 3.8) is 0 Å². The first-order valence-corrected chi connectivity index (χ1v) is 9.71. The Morgan fingerprint density at radius 3 is 2.00 bits per heavy atom. The molecule has 0 bridgehead atoms. The van der Waals surface area contributed by atoms with Gasteiger partial charge in [0.15, 0.2) is 0 Å². The van der Waals surface area contributed by atoms with Crippen LogP contribution in [0.1, 0.15) is 93.9 Å². The van der Waals surface area contributed by atoms with Gasteiger partial charge in [-0.15, -0.1) is 0 Å². The van der Waals surface area contributed by atoms with Crippen LogP contribution in [0, 0.1) is 6.92 Å². The smallest absolute Gasteiger partial charge is 0.0517 e. The number of hydrogen-bond donors (Lipinski definition) is 0. The van der Waals surface area contributed by atoms with E-state index in [9.17, 15) is 0 Å². The van der Waals surface area contributed by atoms with E-state index in [2.05, 4.69) is 6.92 Å². The van der Waals surface area contributed by atoms with Crippen molar-refractivity contribution < 1.29 is 0 Å². The van der Waals surface area contributed by atoms with Gasteiger partial charge in [-0.1, -0.05) is 50.1 Å². The van der Waals surface area contributed by atoms with Crippen LogP contribution in [0.25, 0.3) is 0 Å². The second kappa shape index (κ2) is 5.51. The quantitative estimate of drug-likeness (QED) is 0.551. The standard InChI is InChI=1S/C20H28ClN/c1-15-14-22-18-16(17(15)21)19(8-4-2-5-9-19)12-13-20(18)10-6-3-7-11-20/h14H,2-13H2,1H3. The fraction of sp³-hybridized carbons (Fsp3) is 0.750. The second-order valence-electron chi connectivity index (χ2n) is 8.16. The molecule has 2 fully saturated rings. The summed E-state index contributed by atoms with van der Waals surface area (Å²) in [6, 6.07) is 0. The summed E-state index contributed by atoms with van der Waals surface area (Å²) in [6.45, 7) is 2.13. The fourth-order valence-corrected chi connectivity index (χ4v) is 5.97. The van der Waals surface area contributed by atoms with Gasteiger partial charge >= 0.3 is 0 Å². The molecule has 2 saturated carbocycles. The molecule has 3 aliphatic rings. The molecule has 4 rings (SSSR count). The molecule has 0 unspecified atom stereocenters. The summed E-state index contributed by atoms with van der Waals surface area (Å²) in [7, 11) is 0. The highest BCUT2D eigenvalue weighted by molar-refractivity contribution is 6.32. The highest BCUT2D eigenvalue weighted by atomic mass is 35.5. The Balaban J connectivity index is 1.88. The van der Waals surface area contributed by atoms with Crippen molar-refractivity contribution in [2.75, 3.05) is 0 Å². The SMILES string of the molecule is Cc1cnc2c(c1Cl)C1(CCCCC1)CCC21CCCCC1. The molecule has 0 aliphatic heterocycles. The summed E-state index contributed by atoms with van der Waals surface area (Å²) in [4.78, 5) is 5.02. The number of rotatable bonds is 0. The summed E-state index contributed by atoms with van der Waals surface area (Å²) in [5.74, 6) is 0. The van der Waals surface area contributed by atoms with E-state index < -0.39 is 0 Å². The molecule has 1 aromatic heterocycles. The van der Waals surface area contributed by atoms with Gasteiger partial charge in [0.05, 0.1) is 10.7 Å². The third-order valence-corrected chi connectivity index (χ3v) is 7.41. The largest absolute Gasteiger partial charge is 0.260 e. The molecule has 0 N–H and O–H groups in total. The first-order chi connectivity index (χ1) is 10.7. The Labute approximate surface area is 139 Å². The Hall–Kier alpha value is -0.560. The molecular weight excluding hydrogens is 290 g/mol. The molecule has 0 amide bonds. The van der Waals surface area contributed by atoms with Gasteiger partial charge < -0.3 is 0 Å². The molecule has 1 heterocycles. The molecule has 0 aromatic carbocycles. The Kier molecular flexibility index (Phi) is 3.76. The molecular formula is C20H28ClN. The van der Waals surface area contributed by atoms with E-state index in [1.807, 2.05) is 6.20 Å². The van der Waals surface area contributed by atoms with E-state index in [1.165, 1.54) is 93.9 Å². The third-order valence-electron chi connectivity index (χ3n) is 6.93. The number of aryl methyl sites for hydroxylation is 1. The van der Waals surface area contributed by atoms with Crippen molar-refractivity contribution in [2.24, 2.45) is 0 Å². The lowest BCUT2D eigenvalue weighted by Gasteiger charge is -2.51. The third kappa shape index (κ3) is 2.15. The Morgan fingerprint density at radius 2 is 1.36 bits per heavy atom. The summed E-state index contributed by atoms with van der Waals surface area (Å²) >= 11 is 6.90. The maximum atomic E-state index is 6.90. The van der Waals surface area contributed by atoms with Gasteiger partial charge in [-0.05, 0) is 62.0 Å². The minimum atomic E-state index is 0.354. The molecule has 3 aliphatic carbocycles. The van der Waals surface area contributed by atoms with Crippen molar-refractivity contribution in [3.05, 3.63) is 28.0 Å². The molecule has 2 heteroatoms. The van der Waals surface area contributed by atoms with E-state index in [0.29, 0.717) is 10.8 Å². The summed E-state index contributed by atoms with van der Waals surface area (Å²) in [6.07, 6.45) is 18.4. The molecule has 1 aromatic rings. The van der Waals surface area contributed by atoms with E-state index in [1.54, 1.807) is 0 Å². The van der Waals surface area contributed by atoms with Gasteiger partial charge in [0, 0.05) is 11.6 Å². The van der Waals surface area contributed by atoms with Crippen LogP contribution in [-0.2, 0) is 10.8 Å². The van der Waals surface area contributed by atoms with Crippen molar-refractivity contribution in [3.8, 4) is 0 Å². The molecule has 2 spiro atoms. The van der Waals surface area contributed by atoms with Crippen molar-refractivity contribution in [1.29, 1.82) is 0 Å². The predicted octanol–water partition coefficient (Wildman–Crippen LogP) is 6.24. The van der Waals surface area contributed by atoms with Gasteiger partial charge in [-0.25, -0.2) is 0 Å². The highest BCUT2D eigenvalue weighted by Gasteiger charge is 2.49. The summed E-state index contributed by atoms with van der Waals surface area (Å²) in [5.41, 5.74) is 4.79. The second-order valence-corrected chi connectivity index (χ2v) is 8.54. The molecule has 120 valence electrons. The maximum Gasteiger partial charge on any atom is 0.0517 e. The number of nitrogens with zero attached hydrogens (tertiary/aromatic N) is 1. The number of pyridine rings is 1. The lowest BCUT2D eigenvalue weighted by molar-refractivity contribution is 0.170. The number of halogens is 1. The summed E-state index contributed by atoms with van der Waals surface area (Å²) in [5, 5.41) is 1.05. The fourth-order valence-electron chi connectivity index (χ4n) is 5.64. The van der Waals surface area contributed by atoms with Gasteiger partial charge in [0.1, 0.15) is 0 Å². The molecule has 22 heavy (non-hydrogen) atoms. The summed E-state index contributed by atoms with van der Waals surface area (Å²) < 4.78 is 0. The molecule has 0 saturated heterocycles. The van der Waals surface area contributed by atoms with Crippen LogP contribution < -0.4 is 0 Å². The predicted molar refractivity (Wildman–Crippen MR) is 92.7 cm³/mol. The number of hydrogen-bond acceptors (Lipinski definition) is 1. The van der Waals surface area contributed by atoms with Crippen molar-refractivity contribution >= 4 is 11.6 Å². The van der Waals surface area contributed by atoms with Crippen molar-refractivity contribution in [2.45, 2.75) is 94.8 Å². The van der Waals surface area contributed by atoms with Crippen LogP contribution in [0.5, 0.6) is 0 Å². The zero-order chi connectivity index (χ0) is 15.2. The Bertz CT molecular complexity index is 565. The average Bonchev–Trinajstić information content (AvgIpc) is 2.56. The van der Waals surface area contributed by atoms with Gasteiger partial charge in [0.2, 0.25) is 0 Å².